The number of carbonyl (C=O) groups excluding carboxylic acids is 1. The van der Waals surface area contributed by atoms with E-state index in [1.54, 1.807) is 25.3 Å². The summed E-state index contributed by atoms with van der Waals surface area (Å²) in [6, 6.07) is 12.5. The van der Waals surface area contributed by atoms with E-state index in [2.05, 4.69) is 10.6 Å². The maximum absolute atomic E-state index is 13.1. The molecule has 4 aromatic rings. The highest BCUT2D eigenvalue weighted by Crippen LogP contribution is 2.44. The van der Waals surface area contributed by atoms with Crippen LogP contribution in [0.5, 0.6) is 5.88 Å². The van der Waals surface area contributed by atoms with E-state index >= 15 is 0 Å². The number of nitrogens with one attached hydrogen (secondary N) is 2. The molecule has 0 bridgehead atoms. The number of nitrogens with zero attached hydrogens (tertiary/aromatic N) is 3. The predicted octanol–water partition coefficient (Wildman–Crippen LogP) is 3.72. The Hall–Kier alpha value is -4.00. The average Bonchev–Trinajstić information content (AvgIpc) is 3.64. The summed E-state index contributed by atoms with van der Waals surface area (Å²) >= 11 is 13.8. The van der Waals surface area contributed by atoms with Gasteiger partial charge in [0.05, 0.1) is 53.9 Å². The molecule has 6 rings (SSSR count). The van der Waals surface area contributed by atoms with Gasteiger partial charge in [0.1, 0.15) is 5.56 Å². The van der Waals surface area contributed by atoms with Crippen LogP contribution in [0.4, 0.5) is 5.69 Å². The van der Waals surface area contributed by atoms with Gasteiger partial charge in [-0.05, 0) is 30.5 Å². The third-order valence-corrected chi connectivity index (χ3v) is 9.14. The molecule has 3 atom stereocenters. The molecule has 0 saturated carbocycles. The summed E-state index contributed by atoms with van der Waals surface area (Å²) in [5.74, 6) is -0.220. The number of methoxy groups -OCH3 is 1. The number of rotatable bonds is 7. The Morgan fingerprint density at radius 2 is 1.78 bits per heavy atom. The highest BCUT2D eigenvalue weighted by atomic mass is 35.5. The smallest absolute Gasteiger partial charge is 0.330 e. The molecule has 3 heterocycles. The zero-order valence-corrected chi connectivity index (χ0v) is 26.3. The van der Waals surface area contributed by atoms with Crippen molar-refractivity contribution in [2.75, 3.05) is 25.6 Å². The zero-order chi connectivity index (χ0) is 32.0. The number of aliphatic hydroxyl groups excluding tert-OH is 1. The first-order chi connectivity index (χ1) is 21.6. The summed E-state index contributed by atoms with van der Waals surface area (Å²) in [6.45, 7) is 0.761. The summed E-state index contributed by atoms with van der Waals surface area (Å²) < 4.78 is 13.2. The van der Waals surface area contributed by atoms with Gasteiger partial charge >= 0.3 is 5.69 Å². The van der Waals surface area contributed by atoms with Gasteiger partial charge in [-0.15, -0.1) is 0 Å². The molecule has 1 amide bonds. The van der Waals surface area contributed by atoms with E-state index in [9.17, 15) is 19.5 Å². The fourth-order valence-electron chi connectivity index (χ4n) is 5.95. The van der Waals surface area contributed by atoms with Gasteiger partial charge < -0.3 is 29.8 Å². The summed E-state index contributed by atoms with van der Waals surface area (Å²) in [5.41, 5.74) is 3.32. The van der Waals surface area contributed by atoms with Crippen LogP contribution in [0.15, 0.2) is 58.3 Å². The number of ether oxygens (including phenoxy) is 2. The van der Waals surface area contributed by atoms with Gasteiger partial charge in [-0.25, -0.2) is 9.78 Å². The molecular weight excluding hydrogens is 621 g/mol. The number of hydrogen-bond donors (Lipinski definition) is 3. The number of aryl methyl sites for hydroxylation is 2. The Morgan fingerprint density at radius 3 is 2.49 bits per heavy atom. The normalized spacial score (nSPS) is 19.0. The van der Waals surface area contributed by atoms with Crippen molar-refractivity contribution in [3.05, 3.63) is 96.2 Å². The number of carbonyl (C=O) groups is 1. The van der Waals surface area contributed by atoms with Crippen LogP contribution in [-0.4, -0.2) is 57.6 Å². The summed E-state index contributed by atoms with van der Waals surface area (Å²) in [5, 5.41) is 17.1. The van der Waals surface area contributed by atoms with E-state index in [1.165, 1.54) is 20.3 Å². The number of anilines is 1. The van der Waals surface area contributed by atoms with Crippen LogP contribution >= 0.6 is 23.2 Å². The molecule has 11 nitrogen and oxygen atoms in total. The molecule has 2 aromatic carbocycles. The summed E-state index contributed by atoms with van der Waals surface area (Å²) in [6.07, 6.45) is 2.26. The molecule has 2 aromatic heterocycles. The molecular formula is C32H31Cl2N5O6. The quantitative estimate of drug-likeness (QED) is 0.275. The van der Waals surface area contributed by atoms with Gasteiger partial charge in [-0.3, -0.25) is 14.2 Å². The van der Waals surface area contributed by atoms with Crippen LogP contribution in [0.2, 0.25) is 10.0 Å². The third kappa shape index (κ3) is 5.66. The van der Waals surface area contributed by atoms with Crippen molar-refractivity contribution in [2.24, 2.45) is 14.1 Å². The van der Waals surface area contributed by atoms with Crippen LogP contribution in [0.25, 0.3) is 22.4 Å². The molecule has 1 fully saturated rings. The SMILES string of the molecule is COc1nc(-c2cccc(-c3cccc(NC(=O)c4cn(C)c(=O)n(C)c4=O)c3Cl)c2Cl)cc2c1C(N[C@@H]1COC[C@H]1O)CC2. The minimum Gasteiger partial charge on any atom is -0.481 e. The van der Waals surface area contributed by atoms with Gasteiger partial charge in [0.15, 0.2) is 0 Å². The average molecular weight is 653 g/mol. The molecule has 1 aliphatic carbocycles. The van der Waals surface area contributed by atoms with Gasteiger partial charge in [0.2, 0.25) is 5.88 Å². The van der Waals surface area contributed by atoms with Gasteiger partial charge in [0, 0.05) is 48.6 Å². The van der Waals surface area contributed by atoms with Crippen LogP contribution in [0, 0.1) is 0 Å². The van der Waals surface area contributed by atoms with Crippen LogP contribution in [-0.2, 0) is 25.3 Å². The molecule has 13 heteroatoms. The van der Waals surface area contributed by atoms with Crippen LogP contribution in [0.1, 0.15) is 33.9 Å². The second-order valence-electron chi connectivity index (χ2n) is 11.1. The number of benzene rings is 2. The zero-order valence-electron chi connectivity index (χ0n) is 24.8. The number of aromatic nitrogens is 3. The lowest BCUT2D eigenvalue weighted by Gasteiger charge is -2.22. The van der Waals surface area contributed by atoms with Gasteiger partial charge in [-0.1, -0.05) is 53.5 Å². The lowest BCUT2D eigenvalue weighted by Crippen LogP contribution is -2.40. The van der Waals surface area contributed by atoms with E-state index in [4.69, 9.17) is 37.7 Å². The van der Waals surface area contributed by atoms with Crippen molar-refractivity contribution in [3.63, 3.8) is 0 Å². The Labute approximate surface area is 268 Å². The second-order valence-corrected chi connectivity index (χ2v) is 11.9. The Morgan fingerprint density at radius 1 is 1.07 bits per heavy atom. The van der Waals surface area contributed by atoms with Gasteiger partial charge in [-0.2, -0.15) is 0 Å². The van der Waals surface area contributed by atoms with Crippen molar-refractivity contribution in [1.29, 1.82) is 0 Å². The minimum absolute atomic E-state index is 0.0302. The van der Waals surface area contributed by atoms with E-state index in [-0.39, 0.29) is 28.4 Å². The number of hydrogen-bond acceptors (Lipinski definition) is 8. The van der Waals surface area contributed by atoms with Crippen molar-refractivity contribution >= 4 is 34.8 Å². The Balaban J connectivity index is 1.32. The topological polar surface area (TPSA) is 137 Å². The van der Waals surface area contributed by atoms with Crippen molar-refractivity contribution in [3.8, 4) is 28.3 Å². The minimum atomic E-state index is -0.719. The van der Waals surface area contributed by atoms with Crippen LogP contribution in [0.3, 0.4) is 0 Å². The predicted molar refractivity (Wildman–Crippen MR) is 171 cm³/mol. The molecule has 2 aliphatic rings. The first kappa shape index (κ1) is 31.0. The second kappa shape index (κ2) is 12.4. The van der Waals surface area contributed by atoms with E-state index in [1.807, 2.05) is 24.3 Å². The van der Waals surface area contributed by atoms with E-state index < -0.39 is 23.3 Å². The molecule has 45 heavy (non-hydrogen) atoms. The fourth-order valence-corrected chi connectivity index (χ4v) is 6.55. The highest BCUT2D eigenvalue weighted by Gasteiger charge is 2.34. The molecule has 1 aliphatic heterocycles. The molecule has 0 radical (unpaired) electrons. The standard InChI is InChI=1S/C32H31Cl2N5O6/c1-38-13-20(31(42)39(2)32(38)43)29(41)36-22-9-5-7-18(28(22)34)17-6-4-8-19(27(17)33)23-12-16-10-11-21(26(16)30(37-23)44-3)35-24-14-45-15-25(24)40/h4-9,12-13,21,24-25,35,40H,10-11,14-15H2,1-3H3,(H,36,41)/t21?,24-,25-/m1/s1. The van der Waals surface area contributed by atoms with Gasteiger partial charge in [0.25, 0.3) is 11.5 Å². The van der Waals surface area contributed by atoms with E-state index in [0.29, 0.717) is 46.5 Å². The Kier molecular flexibility index (Phi) is 8.55. The first-order valence-corrected chi connectivity index (χ1v) is 15.1. The maximum atomic E-state index is 13.1. The molecule has 1 unspecified atom stereocenters. The Bertz CT molecular complexity index is 1940. The van der Waals surface area contributed by atoms with Crippen LogP contribution < -0.4 is 26.6 Å². The maximum Gasteiger partial charge on any atom is 0.330 e. The number of halogens is 2. The number of fused-ring (bicyclic) bond motifs is 1. The number of amides is 1. The first-order valence-electron chi connectivity index (χ1n) is 14.3. The van der Waals surface area contributed by atoms with Crippen molar-refractivity contribution in [2.45, 2.75) is 31.0 Å². The fraction of sp³-hybridized carbons (Fsp3) is 0.312. The van der Waals surface area contributed by atoms with E-state index in [0.717, 1.165) is 33.1 Å². The number of pyridine rings is 1. The summed E-state index contributed by atoms with van der Waals surface area (Å²) in [7, 11) is 4.35. The highest BCUT2D eigenvalue weighted by molar-refractivity contribution is 6.39. The van der Waals surface area contributed by atoms with Crippen molar-refractivity contribution < 1.29 is 19.4 Å². The third-order valence-electron chi connectivity index (χ3n) is 8.32. The molecule has 0 spiro atoms. The van der Waals surface area contributed by atoms with Crippen molar-refractivity contribution in [1.82, 2.24) is 19.4 Å². The largest absolute Gasteiger partial charge is 0.481 e. The number of aliphatic hydroxyl groups is 1. The lowest BCUT2D eigenvalue weighted by molar-refractivity contribution is 0.102. The molecule has 234 valence electrons. The molecule has 1 saturated heterocycles. The lowest BCUT2D eigenvalue weighted by atomic mass is 9.99. The summed E-state index contributed by atoms with van der Waals surface area (Å²) in [4.78, 5) is 42.6. The molecule has 3 N–H and O–H groups in total. The monoisotopic (exact) mass is 651 g/mol.